The maximum Gasteiger partial charge on any atom is 0.259 e. The third-order valence-corrected chi connectivity index (χ3v) is 4.55. The molecule has 1 aromatic heterocycles. The molecule has 0 saturated carbocycles. The highest BCUT2D eigenvalue weighted by molar-refractivity contribution is 5.96. The van der Waals surface area contributed by atoms with Gasteiger partial charge in [0.2, 0.25) is 0 Å². The number of carbonyl (C=O) groups excluding carboxylic acids is 2. The van der Waals surface area contributed by atoms with Crippen molar-refractivity contribution >= 4 is 18.0 Å². The van der Waals surface area contributed by atoms with E-state index in [2.05, 4.69) is 46.8 Å². The highest BCUT2D eigenvalue weighted by Crippen LogP contribution is 2.22. The Kier molecular flexibility index (Phi) is 6.41. The molecule has 2 amide bonds. The van der Waals surface area contributed by atoms with Gasteiger partial charge in [-0.25, -0.2) is 5.43 Å². The van der Waals surface area contributed by atoms with Crippen molar-refractivity contribution in [2.45, 2.75) is 26.2 Å². The molecule has 0 aliphatic rings. The molecule has 7 heteroatoms. The Morgan fingerprint density at radius 1 is 1.07 bits per heavy atom. The van der Waals surface area contributed by atoms with Gasteiger partial charge in [0.25, 0.3) is 11.8 Å². The summed E-state index contributed by atoms with van der Waals surface area (Å²) in [5, 5.41) is 13.5. The maximum atomic E-state index is 12.2. The Morgan fingerprint density at radius 2 is 1.77 bits per heavy atom. The summed E-state index contributed by atoms with van der Waals surface area (Å²) in [5.41, 5.74) is 6.58. The van der Waals surface area contributed by atoms with Crippen LogP contribution >= 0.6 is 0 Å². The van der Waals surface area contributed by atoms with E-state index in [9.17, 15) is 9.59 Å². The van der Waals surface area contributed by atoms with Crippen LogP contribution in [0, 0.1) is 0 Å². The first-order valence-electron chi connectivity index (χ1n) is 9.64. The van der Waals surface area contributed by atoms with Crippen LogP contribution in [0.15, 0.2) is 65.9 Å². The number of hydrazone groups is 1. The first kappa shape index (κ1) is 21.0. The first-order chi connectivity index (χ1) is 14.3. The molecule has 3 N–H and O–H groups in total. The lowest BCUT2D eigenvalue weighted by molar-refractivity contribution is -0.120. The molecule has 0 atom stereocenters. The van der Waals surface area contributed by atoms with Crippen molar-refractivity contribution in [1.82, 2.24) is 20.9 Å². The largest absolute Gasteiger partial charge is 0.343 e. The molecule has 2 aromatic carbocycles. The molecule has 0 spiro atoms. The van der Waals surface area contributed by atoms with Crippen LogP contribution in [0.1, 0.15) is 42.3 Å². The lowest BCUT2D eigenvalue weighted by atomic mass is 9.87. The second-order valence-electron chi connectivity index (χ2n) is 7.87. The summed E-state index contributed by atoms with van der Waals surface area (Å²) in [6, 6.07) is 17.1. The van der Waals surface area contributed by atoms with Gasteiger partial charge in [-0.3, -0.25) is 14.7 Å². The molecule has 0 fully saturated rings. The smallest absolute Gasteiger partial charge is 0.259 e. The molecule has 0 bridgehead atoms. The topological polar surface area (TPSA) is 99.2 Å². The van der Waals surface area contributed by atoms with Crippen LogP contribution < -0.4 is 10.7 Å². The fourth-order valence-electron chi connectivity index (χ4n) is 2.83. The quantitative estimate of drug-likeness (QED) is 0.435. The minimum absolute atomic E-state index is 0.0161. The minimum Gasteiger partial charge on any atom is -0.343 e. The van der Waals surface area contributed by atoms with Gasteiger partial charge in [-0.1, -0.05) is 63.2 Å². The number of aromatic nitrogens is 2. The highest BCUT2D eigenvalue weighted by atomic mass is 16.2. The predicted molar refractivity (Wildman–Crippen MR) is 117 cm³/mol. The second kappa shape index (κ2) is 9.17. The van der Waals surface area contributed by atoms with E-state index in [1.165, 1.54) is 6.21 Å². The molecule has 3 rings (SSSR count). The van der Waals surface area contributed by atoms with E-state index in [-0.39, 0.29) is 17.9 Å². The minimum atomic E-state index is -0.421. The third kappa shape index (κ3) is 5.41. The summed E-state index contributed by atoms with van der Waals surface area (Å²) >= 11 is 0. The van der Waals surface area contributed by atoms with Crippen molar-refractivity contribution in [3.8, 4) is 11.3 Å². The fraction of sp³-hybridized carbons (Fsp3) is 0.217. The van der Waals surface area contributed by atoms with Crippen LogP contribution in [0.3, 0.4) is 0 Å². The summed E-state index contributed by atoms with van der Waals surface area (Å²) in [7, 11) is 0. The first-order valence-corrected chi connectivity index (χ1v) is 9.64. The number of benzene rings is 2. The van der Waals surface area contributed by atoms with Gasteiger partial charge in [-0.15, -0.1) is 0 Å². The zero-order valence-electron chi connectivity index (χ0n) is 17.3. The van der Waals surface area contributed by atoms with E-state index in [0.717, 1.165) is 22.4 Å². The van der Waals surface area contributed by atoms with Crippen molar-refractivity contribution < 1.29 is 9.59 Å². The van der Waals surface area contributed by atoms with Gasteiger partial charge < -0.3 is 5.32 Å². The molecule has 0 unspecified atom stereocenters. The molecule has 154 valence electrons. The van der Waals surface area contributed by atoms with Gasteiger partial charge in [0.1, 0.15) is 0 Å². The molecular formula is C23H25N5O2. The number of nitrogens with zero attached hydrogens (tertiary/aromatic N) is 2. The molecule has 0 saturated heterocycles. The zero-order valence-corrected chi connectivity index (χ0v) is 17.3. The van der Waals surface area contributed by atoms with Crippen molar-refractivity contribution in [3.63, 3.8) is 0 Å². The molecule has 7 nitrogen and oxygen atoms in total. The van der Waals surface area contributed by atoms with E-state index in [1.807, 2.05) is 42.5 Å². The number of carbonyl (C=O) groups is 2. The number of H-pyrrole nitrogens is 1. The predicted octanol–water partition coefficient (Wildman–Crippen LogP) is 3.25. The monoisotopic (exact) mass is 403 g/mol. The van der Waals surface area contributed by atoms with Gasteiger partial charge in [0.05, 0.1) is 24.7 Å². The zero-order chi connectivity index (χ0) is 21.6. The van der Waals surface area contributed by atoms with E-state index in [4.69, 9.17) is 0 Å². The lowest BCUT2D eigenvalue weighted by Crippen LogP contribution is -2.34. The van der Waals surface area contributed by atoms with Crippen LogP contribution in [0.5, 0.6) is 0 Å². The van der Waals surface area contributed by atoms with Gasteiger partial charge >= 0.3 is 0 Å². The average molecular weight is 403 g/mol. The van der Waals surface area contributed by atoms with E-state index < -0.39 is 5.91 Å². The Bertz CT molecular complexity index is 1030. The van der Waals surface area contributed by atoms with Crippen molar-refractivity contribution in [2.24, 2.45) is 5.10 Å². The molecule has 30 heavy (non-hydrogen) atoms. The standard InChI is InChI=1S/C23H25N5O2/c1-23(2,3)19-11-9-17(10-12-19)22(30)24-15-20(29)27-25-13-18-14-26-28-21(18)16-7-5-4-6-8-16/h4-14H,15H2,1-3H3,(H,24,30)(H,26,28)(H,27,29)/b25-13-. The highest BCUT2D eigenvalue weighted by Gasteiger charge is 2.14. The Hall–Kier alpha value is -3.74. The van der Waals surface area contributed by atoms with Crippen LogP contribution in [0.2, 0.25) is 0 Å². The Balaban J connectivity index is 1.51. The van der Waals surface area contributed by atoms with Crippen LogP contribution in [0.4, 0.5) is 0 Å². The van der Waals surface area contributed by atoms with E-state index >= 15 is 0 Å². The number of aromatic amines is 1. The Labute approximate surface area is 175 Å². The lowest BCUT2D eigenvalue weighted by Gasteiger charge is -2.19. The summed E-state index contributed by atoms with van der Waals surface area (Å²) in [4.78, 5) is 24.2. The number of nitrogens with one attached hydrogen (secondary N) is 3. The summed E-state index contributed by atoms with van der Waals surface area (Å²) < 4.78 is 0. The van der Waals surface area contributed by atoms with Crippen molar-refractivity contribution in [3.05, 3.63) is 77.5 Å². The van der Waals surface area contributed by atoms with Crippen molar-refractivity contribution in [1.29, 1.82) is 0 Å². The van der Waals surface area contributed by atoms with Crippen LogP contribution in [-0.2, 0) is 10.2 Å². The average Bonchev–Trinajstić information content (AvgIpc) is 3.20. The summed E-state index contributed by atoms with van der Waals surface area (Å²) in [5.74, 6) is -0.730. The molecule has 0 aliphatic carbocycles. The summed E-state index contributed by atoms with van der Waals surface area (Å²) in [6.07, 6.45) is 3.14. The second-order valence-corrected chi connectivity index (χ2v) is 7.87. The number of amides is 2. The third-order valence-electron chi connectivity index (χ3n) is 4.55. The maximum absolute atomic E-state index is 12.2. The van der Waals surface area contributed by atoms with E-state index in [1.54, 1.807) is 18.3 Å². The molecule has 1 heterocycles. The van der Waals surface area contributed by atoms with Crippen LogP contribution in [-0.4, -0.2) is 34.8 Å². The van der Waals surface area contributed by atoms with Gasteiger partial charge in [-0.2, -0.15) is 10.2 Å². The Morgan fingerprint density at radius 3 is 2.43 bits per heavy atom. The van der Waals surface area contributed by atoms with Gasteiger partial charge in [-0.05, 0) is 23.1 Å². The molecule has 3 aromatic rings. The van der Waals surface area contributed by atoms with Gasteiger partial charge in [0, 0.05) is 16.7 Å². The van der Waals surface area contributed by atoms with Crippen molar-refractivity contribution in [2.75, 3.05) is 6.54 Å². The SMILES string of the molecule is CC(C)(C)c1ccc(C(=O)NCC(=O)N/N=C\c2cn[nH]c2-c2ccccc2)cc1. The normalized spacial score (nSPS) is 11.4. The van der Waals surface area contributed by atoms with Gasteiger partial charge in [0.15, 0.2) is 0 Å². The van der Waals surface area contributed by atoms with E-state index in [0.29, 0.717) is 5.56 Å². The fourth-order valence-corrected chi connectivity index (χ4v) is 2.83. The summed E-state index contributed by atoms with van der Waals surface area (Å²) in [6.45, 7) is 6.16. The van der Waals surface area contributed by atoms with Crippen LogP contribution in [0.25, 0.3) is 11.3 Å². The molecule has 0 aliphatic heterocycles. The molecule has 0 radical (unpaired) electrons. The number of hydrogen-bond donors (Lipinski definition) is 3. The number of hydrogen-bond acceptors (Lipinski definition) is 4. The molecular weight excluding hydrogens is 378 g/mol. The number of rotatable bonds is 6.